The van der Waals surface area contributed by atoms with E-state index in [9.17, 15) is 18.0 Å². The van der Waals surface area contributed by atoms with Crippen molar-refractivity contribution in [2.75, 3.05) is 13.6 Å². The van der Waals surface area contributed by atoms with Crippen molar-refractivity contribution in [2.45, 2.75) is 32.0 Å². The lowest BCUT2D eigenvalue weighted by Gasteiger charge is -2.11. The highest BCUT2D eigenvalue weighted by molar-refractivity contribution is 5.81. The zero-order valence-electron chi connectivity index (χ0n) is 8.24. The first-order chi connectivity index (χ1) is 6.37. The number of alkyl halides is 3. The first-order valence-electron chi connectivity index (χ1n) is 4.38. The summed E-state index contributed by atoms with van der Waals surface area (Å²) in [5, 5.41) is 5.09. The summed E-state index contributed by atoms with van der Waals surface area (Å²) in [6.07, 6.45) is -5.08. The molecule has 1 amide bonds. The molecule has 0 aliphatic heterocycles. The smallest absolute Gasteiger partial charge is 0.355 e. The molecular formula is C8H15F3N2O. The van der Waals surface area contributed by atoms with Crippen LogP contribution in [-0.4, -0.2) is 31.7 Å². The van der Waals surface area contributed by atoms with Crippen molar-refractivity contribution in [1.82, 2.24) is 10.6 Å². The molecule has 0 saturated heterocycles. The first-order valence-corrected chi connectivity index (χ1v) is 4.38. The highest BCUT2D eigenvalue weighted by Crippen LogP contribution is 2.20. The van der Waals surface area contributed by atoms with Crippen LogP contribution >= 0.6 is 0 Å². The second-order valence-electron chi connectivity index (χ2n) is 3.02. The van der Waals surface area contributed by atoms with Gasteiger partial charge < -0.3 is 10.6 Å². The molecule has 1 atom stereocenters. The Kier molecular flexibility index (Phi) is 5.52. The van der Waals surface area contributed by atoms with E-state index in [0.29, 0.717) is 0 Å². The van der Waals surface area contributed by atoms with E-state index in [0.717, 1.165) is 0 Å². The van der Waals surface area contributed by atoms with E-state index >= 15 is 0 Å². The molecule has 3 nitrogen and oxygen atoms in total. The average Bonchev–Trinajstić information content (AvgIpc) is 2.09. The highest BCUT2D eigenvalue weighted by atomic mass is 19.4. The van der Waals surface area contributed by atoms with E-state index in [-0.39, 0.29) is 24.9 Å². The molecule has 0 spiro atoms. The third kappa shape index (κ3) is 6.71. The van der Waals surface area contributed by atoms with Gasteiger partial charge in [0.1, 0.15) is 0 Å². The summed E-state index contributed by atoms with van der Waals surface area (Å²) in [5.41, 5.74) is 0. The van der Waals surface area contributed by atoms with Crippen molar-refractivity contribution in [3.8, 4) is 0 Å². The monoisotopic (exact) mass is 212 g/mol. The van der Waals surface area contributed by atoms with E-state index in [1.807, 2.05) is 0 Å². The minimum atomic E-state index is -4.14. The molecule has 0 bridgehead atoms. The highest BCUT2D eigenvalue weighted by Gasteiger charge is 2.26. The van der Waals surface area contributed by atoms with Crippen molar-refractivity contribution < 1.29 is 18.0 Å². The van der Waals surface area contributed by atoms with Crippen LogP contribution in [0.4, 0.5) is 13.2 Å². The molecule has 14 heavy (non-hydrogen) atoms. The fraction of sp³-hybridized carbons (Fsp3) is 0.875. The van der Waals surface area contributed by atoms with Crippen molar-refractivity contribution in [3.63, 3.8) is 0 Å². The van der Waals surface area contributed by atoms with Gasteiger partial charge in [-0.1, -0.05) is 0 Å². The van der Waals surface area contributed by atoms with Gasteiger partial charge in [0.05, 0.1) is 6.04 Å². The van der Waals surface area contributed by atoms with E-state index in [1.54, 1.807) is 14.0 Å². The molecule has 0 heterocycles. The lowest BCUT2D eigenvalue weighted by Crippen LogP contribution is -2.40. The molecule has 0 aromatic rings. The van der Waals surface area contributed by atoms with Crippen molar-refractivity contribution in [2.24, 2.45) is 0 Å². The quantitative estimate of drug-likeness (QED) is 0.669. The summed E-state index contributed by atoms with van der Waals surface area (Å²) in [5.74, 6) is -0.283. The normalized spacial score (nSPS) is 13.8. The number of likely N-dealkylation sites (N-methyl/N-ethyl adjacent to an activating group) is 1. The van der Waals surface area contributed by atoms with Gasteiger partial charge in [-0.3, -0.25) is 4.79 Å². The molecule has 0 saturated carbocycles. The Hall–Kier alpha value is -0.780. The summed E-state index contributed by atoms with van der Waals surface area (Å²) >= 11 is 0. The maximum absolute atomic E-state index is 11.7. The Morgan fingerprint density at radius 2 is 2.00 bits per heavy atom. The maximum Gasteiger partial charge on any atom is 0.389 e. The minimum Gasteiger partial charge on any atom is -0.355 e. The summed E-state index contributed by atoms with van der Waals surface area (Å²) in [4.78, 5) is 11.0. The lowest BCUT2D eigenvalue weighted by molar-refractivity contribution is -0.136. The Morgan fingerprint density at radius 1 is 1.43 bits per heavy atom. The third-order valence-corrected chi connectivity index (χ3v) is 1.76. The largest absolute Gasteiger partial charge is 0.389 e. The Labute approximate surface area is 81.1 Å². The summed E-state index contributed by atoms with van der Waals surface area (Å²) < 4.78 is 35.0. The fourth-order valence-corrected chi connectivity index (χ4v) is 0.785. The standard InChI is InChI=1S/C8H15F3N2O/c1-6(12-2)7(14)13-5-3-4-8(9,10)11/h6,12H,3-5H2,1-2H3,(H,13,14). The van der Waals surface area contributed by atoms with Gasteiger partial charge in [-0.05, 0) is 20.4 Å². The first kappa shape index (κ1) is 13.2. The van der Waals surface area contributed by atoms with E-state index < -0.39 is 12.6 Å². The predicted octanol–water partition coefficient (Wildman–Crippen LogP) is 1.05. The van der Waals surface area contributed by atoms with E-state index in [1.165, 1.54) is 0 Å². The van der Waals surface area contributed by atoms with Crippen LogP contribution in [0.5, 0.6) is 0 Å². The molecule has 6 heteroatoms. The van der Waals surface area contributed by atoms with Gasteiger partial charge in [-0.25, -0.2) is 0 Å². The van der Waals surface area contributed by atoms with Crippen LogP contribution < -0.4 is 10.6 Å². The molecule has 0 fully saturated rings. The third-order valence-electron chi connectivity index (χ3n) is 1.76. The van der Waals surface area contributed by atoms with Gasteiger partial charge in [-0.15, -0.1) is 0 Å². The number of carbonyl (C=O) groups excluding carboxylic acids is 1. The molecule has 84 valence electrons. The van der Waals surface area contributed by atoms with Crippen LogP contribution in [0.15, 0.2) is 0 Å². The second-order valence-corrected chi connectivity index (χ2v) is 3.02. The molecule has 0 aromatic heterocycles. The Bertz CT molecular complexity index is 182. The second kappa shape index (κ2) is 5.85. The van der Waals surface area contributed by atoms with Gasteiger partial charge in [-0.2, -0.15) is 13.2 Å². The number of hydrogen-bond donors (Lipinski definition) is 2. The lowest BCUT2D eigenvalue weighted by atomic mass is 10.3. The van der Waals surface area contributed by atoms with Gasteiger partial charge in [0.25, 0.3) is 0 Å². The SMILES string of the molecule is CNC(C)C(=O)NCCCC(F)(F)F. The average molecular weight is 212 g/mol. The van der Waals surface area contributed by atoms with E-state index in [4.69, 9.17) is 0 Å². The molecule has 0 aromatic carbocycles. The van der Waals surface area contributed by atoms with Crippen molar-refractivity contribution in [3.05, 3.63) is 0 Å². The van der Waals surface area contributed by atoms with Crippen LogP contribution in [0.3, 0.4) is 0 Å². The van der Waals surface area contributed by atoms with E-state index in [2.05, 4.69) is 10.6 Å². The summed E-state index contributed by atoms with van der Waals surface area (Å²) in [6.45, 7) is 1.70. The van der Waals surface area contributed by atoms with Gasteiger partial charge in [0, 0.05) is 13.0 Å². The number of carbonyl (C=O) groups is 1. The summed E-state index contributed by atoms with van der Waals surface area (Å²) in [7, 11) is 1.61. The summed E-state index contributed by atoms with van der Waals surface area (Å²) in [6, 6.07) is -0.374. The van der Waals surface area contributed by atoms with Gasteiger partial charge >= 0.3 is 6.18 Å². The minimum absolute atomic E-state index is 0.0599. The van der Waals surface area contributed by atoms with Crippen LogP contribution in [0.25, 0.3) is 0 Å². The van der Waals surface area contributed by atoms with Crippen LogP contribution in [0.2, 0.25) is 0 Å². The number of amides is 1. The zero-order valence-corrected chi connectivity index (χ0v) is 8.24. The molecule has 0 rings (SSSR count). The number of halogens is 3. The Balaban J connectivity index is 3.51. The van der Waals surface area contributed by atoms with Crippen LogP contribution in [0.1, 0.15) is 19.8 Å². The molecule has 0 aliphatic carbocycles. The van der Waals surface area contributed by atoms with Crippen LogP contribution in [-0.2, 0) is 4.79 Å². The van der Waals surface area contributed by atoms with Crippen molar-refractivity contribution in [1.29, 1.82) is 0 Å². The number of hydrogen-bond acceptors (Lipinski definition) is 2. The number of nitrogens with one attached hydrogen (secondary N) is 2. The fourth-order valence-electron chi connectivity index (χ4n) is 0.785. The molecule has 0 radical (unpaired) electrons. The number of rotatable bonds is 5. The molecular weight excluding hydrogens is 197 g/mol. The van der Waals surface area contributed by atoms with Gasteiger partial charge in [0.2, 0.25) is 5.91 Å². The van der Waals surface area contributed by atoms with Crippen LogP contribution in [0, 0.1) is 0 Å². The molecule has 2 N–H and O–H groups in total. The molecule has 1 unspecified atom stereocenters. The zero-order chi connectivity index (χ0) is 11.2. The topological polar surface area (TPSA) is 41.1 Å². The Morgan fingerprint density at radius 3 is 2.43 bits per heavy atom. The molecule has 0 aliphatic rings. The van der Waals surface area contributed by atoms with Gasteiger partial charge in [0.15, 0.2) is 0 Å². The maximum atomic E-state index is 11.7. The van der Waals surface area contributed by atoms with Crippen molar-refractivity contribution >= 4 is 5.91 Å². The predicted molar refractivity (Wildman–Crippen MR) is 46.8 cm³/mol.